The Morgan fingerprint density at radius 3 is 2.88 bits per heavy atom. The second-order valence-electron chi connectivity index (χ2n) is 4.24. The van der Waals surface area contributed by atoms with Crippen LogP contribution in [0.15, 0.2) is 18.2 Å². The van der Waals surface area contributed by atoms with E-state index < -0.39 is 5.91 Å². The van der Waals surface area contributed by atoms with Crippen LogP contribution in [0.1, 0.15) is 16.8 Å². The smallest absolute Gasteiger partial charge is 0.250 e. The van der Waals surface area contributed by atoms with Crippen LogP contribution in [-0.4, -0.2) is 30.5 Å². The van der Waals surface area contributed by atoms with Crippen molar-refractivity contribution in [2.45, 2.75) is 12.5 Å². The number of nitrogens with two attached hydrogens (primary N) is 2. The molecule has 0 aromatic heterocycles. The van der Waals surface area contributed by atoms with Gasteiger partial charge in [0.1, 0.15) is 0 Å². The van der Waals surface area contributed by atoms with Crippen molar-refractivity contribution in [2.75, 3.05) is 29.2 Å². The van der Waals surface area contributed by atoms with Crippen LogP contribution in [0.3, 0.4) is 0 Å². The van der Waals surface area contributed by atoms with Crippen LogP contribution < -0.4 is 16.4 Å². The second kappa shape index (κ2) is 4.87. The molecule has 1 aromatic carbocycles. The molecule has 0 bridgehead atoms. The average Bonchev–Trinajstić information content (AvgIpc) is 2.81. The maximum Gasteiger partial charge on any atom is 0.250 e. The third-order valence-electron chi connectivity index (χ3n) is 3.14. The van der Waals surface area contributed by atoms with Crippen LogP contribution in [0.4, 0.5) is 11.4 Å². The molecule has 4 nitrogen and oxygen atoms in total. The van der Waals surface area contributed by atoms with Gasteiger partial charge in [-0.2, -0.15) is 11.8 Å². The van der Waals surface area contributed by atoms with Crippen LogP contribution in [-0.2, 0) is 0 Å². The highest BCUT2D eigenvalue weighted by molar-refractivity contribution is 7.99. The minimum atomic E-state index is -0.426. The number of benzene rings is 1. The first-order valence-corrected chi connectivity index (χ1v) is 6.75. The van der Waals surface area contributed by atoms with Gasteiger partial charge in [0.2, 0.25) is 0 Å². The molecular weight excluding hydrogens is 234 g/mol. The molecular formula is C12H17N3OS. The number of thioether (sulfide) groups is 1. The molecule has 1 fully saturated rings. The highest BCUT2D eigenvalue weighted by atomic mass is 32.2. The summed E-state index contributed by atoms with van der Waals surface area (Å²) in [5, 5.41) is 0. The Hall–Kier alpha value is -1.36. The Balaban J connectivity index is 2.38. The largest absolute Gasteiger partial charge is 0.397 e. The molecule has 0 spiro atoms. The molecule has 1 heterocycles. The highest BCUT2D eigenvalue weighted by Gasteiger charge is 2.24. The SMILES string of the molecule is CN(c1c(N)cccc1C(N)=O)C1CCSC1. The number of carbonyl (C=O) groups excluding carboxylic acids is 1. The predicted molar refractivity (Wildman–Crippen MR) is 73.5 cm³/mol. The van der Waals surface area contributed by atoms with Gasteiger partial charge in [-0.3, -0.25) is 4.79 Å². The van der Waals surface area contributed by atoms with E-state index in [1.54, 1.807) is 18.2 Å². The average molecular weight is 251 g/mol. The molecule has 5 heteroatoms. The lowest BCUT2D eigenvalue weighted by Crippen LogP contribution is -2.33. The van der Waals surface area contributed by atoms with E-state index in [-0.39, 0.29) is 0 Å². The molecule has 92 valence electrons. The zero-order chi connectivity index (χ0) is 12.4. The molecule has 2 rings (SSSR count). The van der Waals surface area contributed by atoms with Crippen molar-refractivity contribution in [1.29, 1.82) is 0 Å². The molecule has 0 radical (unpaired) electrons. The van der Waals surface area contributed by atoms with E-state index in [0.717, 1.165) is 23.6 Å². The summed E-state index contributed by atoms with van der Waals surface area (Å²) >= 11 is 1.93. The summed E-state index contributed by atoms with van der Waals surface area (Å²) in [5.74, 6) is 1.81. The van der Waals surface area contributed by atoms with Gasteiger partial charge in [0.15, 0.2) is 0 Å². The van der Waals surface area contributed by atoms with E-state index in [0.29, 0.717) is 17.3 Å². The maximum absolute atomic E-state index is 11.4. The third kappa shape index (κ3) is 2.34. The zero-order valence-corrected chi connectivity index (χ0v) is 10.7. The van der Waals surface area contributed by atoms with Gasteiger partial charge < -0.3 is 16.4 Å². The van der Waals surface area contributed by atoms with E-state index in [9.17, 15) is 4.79 Å². The molecule has 1 atom stereocenters. The van der Waals surface area contributed by atoms with Gasteiger partial charge in [0.25, 0.3) is 5.91 Å². The molecule has 1 aliphatic heterocycles. The molecule has 0 saturated carbocycles. The summed E-state index contributed by atoms with van der Waals surface area (Å²) in [6.45, 7) is 0. The van der Waals surface area contributed by atoms with Crippen LogP contribution in [0.25, 0.3) is 0 Å². The summed E-state index contributed by atoms with van der Waals surface area (Å²) in [5.41, 5.74) is 13.3. The Kier molecular flexibility index (Phi) is 3.47. The van der Waals surface area contributed by atoms with Gasteiger partial charge >= 0.3 is 0 Å². The van der Waals surface area contributed by atoms with Gasteiger partial charge in [-0.05, 0) is 24.3 Å². The minimum absolute atomic E-state index is 0.426. The summed E-state index contributed by atoms with van der Waals surface area (Å²) < 4.78 is 0. The first-order chi connectivity index (χ1) is 8.11. The molecule has 0 aliphatic carbocycles. The van der Waals surface area contributed by atoms with E-state index in [1.165, 1.54) is 0 Å². The Bertz CT molecular complexity index is 430. The lowest BCUT2D eigenvalue weighted by molar-refractivity contribution is 0.100. The molecule has 17 heavy (non-hydrogen) atoms. The van der Waals surface area contributed by atoms with Gasteiger partial charge in [-0.25, -0.2) is 0 Å². The number of rotatable bonds is 3. The van der Waals surface area contributed by atoms with E-state index in [2.05, 4.69) is 4.90 Å². The number of hydrogen-bond donors (Lipinski definition) is 2. The number of nitrogen functional groups attached to an aromatic ring is 1. The molecule has 1 saturated heterocycles. The fourth-order valence-electron chi connectivity index (χ4n) is 2.16. The first-order valence-electron chi connectivity index (χ1n) is 5.60. The fraction of sp³-hybridized carbons (Fsp3) is 0.417. The van der Waals surface area contributed by atoms with Gasteiger partial charge in [-0.1, -0.05) is 6.07 Å². The molecule has 1 unspecified atom stereocenters. The van der Waals surface area contributed by atoms with Crippen molar-refractivity contribution in [3.63, 3.8) is 0 Å². The van der Waals surface area contributed by atoms with E-state index >= 15 is 0 Å². The Labute approximate surface area is 105 Å². The number of para-hydroxylation sites is 1. The van der Waals surface area contributed by atoms with E-state index in [1.807, 2.05) is 18.8 Å². The molecule has 1 aromatic rings. The number of carbonyl (C=O) groups is 1. The van der Waals surface area contributed by atoms with Crippen molar-refractivity contribution in [2.24, 2.45) is 5.73 Å². The van der Waals surface area contributed by atoms with Crippen molar-refractivity contribution < 1.29 is 4.79 Å². The molecule has 1 aliphatic rings. The second-order valence-corrected chi connectivity index (χ2v) is 5.39. The topological polar surface area (TPSA) is 72.3 Å². The summed E-state index contributed by atoms with van der Waals surface area (Å²) in [4.78, 5) is 13.5. The summed E-state index contributed by atoms with van der Waals surface area (Å²) in [6, 6.07) is 5.73. The van der Waals surface area contributed by atoms with E-state index in [4.69, 9.17) is 11.5 Å². The third-order valence-corrected chi connectivity index (χ3v) is 4.28. The van der Waals surface area contributed by atoms with Crippen molar-refractivity contribution in [3.05, 3.63) is 23.8 Å². The molecule has 4 N–H and O–H groups in total. The lowest BCUT2D eigenvalue weighted by atomic mass is 10.1. The maximum atomic E-state index is 11.4. The summed E-state index contributed by atoms with van der Waals surface area (Å²) in [6.07, 6.45) is 1.12. The monoisotopic (exact) mass is 251 g/mol. The minimum Gasteiger partial charge on any atom is -0.397 e. The predicted octanol–water partition coefficient (Wildman–Crippen LogP) is 1.31. The molecule has 1 amide bonds. The van der Waals surface area contributed by atoms with Crippen LogP contribution in [0, 0.1) is 0 Å². The van der Waals surface area contributed by atoms with Gasteiger partial charge in [0, 0.05) is 18.8 Å². The van der Waals surface area contributed by atoms with Gasteiger partial charge in [0.05, 0.1) is 16.9 Å². The fourth-order valence-corrected chi connectivity index (χ4v) is 3.43. The zero-order valence-electron chi connectivity index (χ0n) is 9.85. The van der Waals surface area contributed by atoms with Crippen molar-refractivity contribution in [1.82, 2.24) is 0 Å². The normalized spacial score (nSPS) is 19.2. The quantitative estimate of drug-likeness (QED) is 0.794. The van der Waals surface area contributed by atoms with Crippen LogP contribution >= 0.6 is 11.8 Å². The van der Waals surface area contributed by atoms with Crippen molar-refractivity contribution in [3.8, 4) is 0 Å². The number of hydrogen-bond acceptors (Lipinski definition) is 4. The number of amides is 1. The highest BCUT2D eigenvalue weighted by Crippen LogP contribution is 2.32. The first kappa shape index (κ1) is 12.1. The Morgan fingerprint density at radius 2 is 2.29 bits per heavy atom. The number of nitrogens with zero attached hydrogens (tertiary/aromatic N) is 1. The lowest BCUT2D eigenvalue weighted by Gasteiger charge is -2.28. The number of primary amides is 1. The van der Waals surface area contributed by atoms with Gasteiger partial charge in [-0.15, -0.1) is 0 Å². The van der Waals surface area contributed by atoms with Crippen LogP contribution in [0.5, 0.6) is 0 Å². The van der Waals surface area contributed by atoms with Crippen LogP contribution in [0.2, 0.25) is 0 Å². The van der Waals surface area contributed by atoms with Crippen molar-refractivity contribution >= 4 is 29.0 Å². The summed E-state index contributed by atoms with van der Waals surface area (Å²) in [7, 11) is 1.98. The Morgan fingerprint density at radius 1 is 1.53 bits per heavy atom. The number of anilines is 2. The standard InChI is InChI=1S/C12H17N3OS/c1-15(8-5-6-17-7-8)11-9(12(14)16)3-2-4-10(11)13/h2-4,8H,5-7,13H2,1H3,(H2,14,16).